The first-order chi connectivity index (χ1) is 9.66. The standard InChI is InChI=1S/C14H10BrN3O2/c15-9-5-1-2-6-10(9)16-13-12(14(19)20)18-8-4-3-7-11(18)17-13/h1-8,16H,(H,19,20). The van der Waals surface area contributed by atoms with Crippen molar-refractivity contribution in [2.24, 2.45) is 0 Å². The number of hydrogen-bond acceptors (Lipinski definition) is 3. The number of carboxylic acids is 1. The molecule has 5 nitrogen and oxygen atoms in total. The SMILES string of the molecule is O=C(O)c1c(Nc2ccccc2Br)nc2ccccn12. The van der Waals surface area contributed by atoms with E-state index in [9.17, 15) is 9.90 Å². The van der Waals surface area contributed by atoms with Gasteiger partial charge in [0.05, 0.1) is 5.69 Å². The zero-order valence-corrected chi connectivity index (χ0v) is 11.8. The highest BCUT2D eigenvalue weighted by Crippen LogP contribution is 2.27. The topological polar surface area (TPSA) is 66.6 Å². The number of imidazole rings is 1. The number of nitrogens with one attached hydrogen (secondary N) is 1. The smallest absolute Gasteiger partial charge is 0.356 e. The Balaban J connectivity index is 2.14. The van der Waals surface area contributed by atoms with Crippen molar-refractivity contribution in [2.75, 3.05) is 5.32 Å². The molecule has 0 aliphatic carbocycles. The van der Waals surface area contributed by atoms with Crippen LogP contribution in [0.15, 0.2) is 53.1 Å². The Morgan fingerprint density at radius 1 is 1.20 bits per heavy atom. The number of aromatic carboxylic acids is 1. The zero-order chi connectivity index (χ0) is 14.1. The number of anilines is 2. The maximum Gasteiger partial charge on any atom is 0.356 e. The summed E-state index contributed by atoms with van der Waals surface area (Å²) in [6.07, 6.45) is 1.68. The van der Waals surface area contributed by atoms with Crippen LogP contribution in [0.5, 0.6) is 0 Å². The second-order valence-electron chi connectivity index (χ2n) is 4.15. The van der Waals surface area contributed by atoms with Crippen molar-refractivity contribution in [3.05, 3.63) is 58.8 Å². The van der Waals surface area contributed by atoms with Gasteiger partial charge in [0, 0.05) is 10.7 Å². The van der Waals surface area contributed by atoms with Gasteiger partial charge < -0.3 is 10.4 Å². The van der Waals surface area contributed by atoms with Crippen molar-refractivity contribution in [3.63, 3.8) is 0 Å². The van der Waals surface area contributed by atoms with Crippen molar-refractivity contribution >= 4 is 39.1 Å². The second kappa shape index (κ2) is 4.97. The number of aromatic nitrogens is 2. The molecule has 1 aromatic carbocycles. The highest BCUT2D eigenvalue weighted by molar-refractivity contribution is 9.10. The van der Waals surface area contributed by atoms with Gasteiger partial charge in [-0.25, -0.2) is 9.78 Å². The number of rotatable bonds is 3. The summed E-state index contributed by atoms with van der Waals surface area (Å²) >= 11 is 3.41. The molecule has 0 unspecified atom stereocenters. The van der Waals surface area contributed by atoms with Gasteiger partial charge in [0.2, 0.25) is 0 Å². The van der Waals surface area contributed by atoms with E-state index in [4.69, 9.17) is 0 Å². The Morgan fingerprint density at radius 2 is 1.95 bits per heavy atom. The van der Waals surface area contributed by atoms with Crippen LogP contribution in [0.1, 0.15) is 10.5 Å². The Hall–Kier alpha value is -2.34. The fourth-order valence-electron chi connectivity index (χ4n) is 1.98. The third-order valence-corrected chi connectivity index (χ3v) is 3.55. The summed E-state index contributed by atoms with van der Waals surface area (Å²) in [5.74, 6) is -0.714. The van der Waals surface area contributed by atoms with Crippen LogP contribution in [0, 0.1) is 0 Å². The summed E-state index contributed by atoms with van der Waals surface area (Å²) in [6.45, 7) is 0. The molecule has 2 heterocycles. The van der Waals surface area contributed by atoms with Gasteiger partial charge in [0.25, 0.3) is 0 Å². The molecule has 0 aliphatic heterocycles. The van der Waals surface area contributed by atoms with Gasteiger partial charge in [-0.15, -0.1) is 0 Å². The summed E-state index contributed by atoms with van der Waals surface area (Å²) in [6, 6.07) is 12.8. The molecule has 0 spiro atoms. The summed E-state index contributed by atoms with van der Waals surface area (Å²) in [4.78, 5) is 15.8. The first-order valence-electron chi connectivity index (χ1n) is 5.89. The number of hydrogen-bond donors (Lipinski definition) is 2. The van der Waals surface area contributed by atoms with Crippen LogP contribution < -0.4 is 5.32 Å². The summed E-state index contributed by atoms with van der Waals surface area (Å²) in [7, 11) is 0. The molecule has 2 aromatic heterocycles. The Kier molecular flexibility index (Phi) is 3.15. The number of pyridine rings is 1. The van der Waals surface area contributed by atoms with Gasteiger partial charge in [0.15, 0.2) is 11.5 Å². The quantitative estimate of drug-likeness (QED) is 0.770. The molecule has 0 saturated carbocycles. The molecule has 100 valence electrons. The number of halogens is 1. The predicted molar refractivity (Wildman–Crippen MR) is 79.6 cm³/mol. The lowest BCUT2D eigenvalue weighted by Gasteiger charge is -2.06. The van der Waals surface area contributed by atoms with Crippen molar-refractivity contribution in [1.82, 2.24) is 9.38 Å². The first kappa shape index (κ1) is 12.7. The summed E-state index contributed by atoms with van der Waals surface area (Å²) in [5.41, 5.74) is 1.45. The Morgan fingerprint density at radius 3 is 2.70 bits per heavy atom. The van der Waals surface area contributed by atoms with E-state index in [1.807, 2.05) is 30.3 Å². The van der Waals surface area contributed by atoms with E-state index in [2.05, 4.69) is 26.2 Å². The fraction of sp³-hybridized carbons (Fsp3) is 0. The maximum absolute atomic E-state index is 11.5. The number of fused-ring (bicyclic) bond motifs is 1. The fourth-order valence-corrected chi connectivity index (χ4v) is 2.36. The van der Waals surface area contributed by atoms with Crippen molar-refractivity contribution < 1.29 is 9.90 Å². The molecule has 3 aromatic rings. The number of benzene rings is 1. The Labute approximate surface area is 123 Å². The lowest BCUT2D eigenvalue weighted by atomic mass is 10.3. The average Bonchev–Trinajstić information content (AvgIpc) is 2.79. The molecule has 6 heteroatoms. The van der Waals surface area contributed by atoms with Crippen LogP contribution in [0.3, 0.4) is 0 Å². The monoisotopic (exact) mass is 331 g/mol. The van der Waals surface area contributed by atoms with E-state index in [-0.39, 0.29) is 5.69 Å². The van der Waals surface area contributed by atoms with E-state index in [1.54, 1.807) is 22.7 Å². The number of carboxylic acid groups (broad SMARTS) is 1. The minimum Gasteiger partial charge on any atom is -0.476 e. The minimum atomic E-state index is -1.03. The third-order valence-electron chi connectivity index (χ3n) is 2.86. The summed E-state index contributed by atoms with van der Waals surface area (Å²) in [5, 5.41) is 12.4. The van der Waals surface area contributed by atoms with E-state index < -0.39 is 5.97 Å². The van der Waals surface area contributed by atoms with Crippen molar-refractivity contribution in [1.29, 1.82) is 0 Å². The molecule has 0 amide bonds. The van der Waals surface area contributed by atoms with Crippen molar-refractivity contribution in [3.8, 4) is 0 Å². The molecule has 0 aliphatic rings. The van der Waals surface area contributed by atoms with Crippen LogP contribution in [0.25, 0.3) is 5.65 Å². The molecule has 0 bridgehead atoms. The largest absolute Gasteiger partial charge is 0.476 e. The van der Waals surface area contributed by atoms with Crippen LogP contribution in [-0.4, -0.2) is 20.5 Å². The van der Waals surface area contributed by atoms with Crippen LogP contribution >= 0.6 is 15.9 Å². The highest BCUT2D eigenvalue weighted by Gasteiger charge is 2.18. The van der Waals surface area contributed by atoms with E-state index >= 15 is 0 Å². The molecular weight excluding hydrogens is 322 g/mol. The Bertz CT molecular complexity index is 798. The first-order valence-corrected chi connectivity index (χ1v) is 6.68. The van der Waals surface area contributed by atoms with Crippen LogP contribution in [0.2, 0.25) is 0 Å². The molecule has 0 atom stereocenters. The van der Waals surface area contributed by atoms with Crippen LogP contribution in [0.4, 0.5) is 11.5 Å². The average molecular weight is 332 g/mol. The normalized spacial score (nSPS) is 10.7. The van der Waals surface area contributed by atoms with E-state index in [0.717, 1.165) is 10.2 Å². The molecule has 20 heavy (non-hydrogen) atoms. The van der Waals surface area contributed by atoms with Crippen molar-refractivity contribution in [2.45, 2.75) is 0 Å². The minimum absolute atomic E-state index is 0.108. The van der Waals surface area contributed by atoms with Gasteiger partial charge in [-0.3, -0.25) is 4.40 Å². The molecule has 0 fully saturated rings. The van der Waals surface area contributed by atoms with Gasteiger partial charge in [-0.2, -0.15) is 0 Å². The van der Waals surface area contributed by atoms with E-state index in [1.165, 1.54) is 0 Å². The van der Waals surface area contributed by atoms with Gasteiger partial charge in [0.1, 0.15) is 5.65 Å². The maximum atomic E-state index is 11.5. The lowest BCUT2D eigenvalue weighted by molar-refractivity contribution is 0.0690. The molecule has 0 radical (unpaired) electrons. The number of para-hydroxylation sites is 1. The lowest BCUT2D eigenvalue weighted by Crippen LogP contribution is -2.05. The number of nitrogens with zero attached hydrogens (tertiary/aromatic N) is 2. The molecular formula is C14H10BrN3O2. The molecule has 3 rings (SSSR count). The molecule has 0 saturated heterocycles. The second-order valence-corrected chi connectivity index (χ2v) is 5.00. The predicted octanol–water partition coefficient (Wildman–Crippen LogP) is 3.54. The highest BCUT2D eigenvalue weighted by atomic mass is 79.9. The van der Waals surface area contributed by atoms with Gasteiger partial charge in [-0.1, -0.05) is 18.2 Å². The number of carbonyl (C=O) groups is 1. The zero-order valence-electron chi connectivity index (χ0n) is 10.2. The summed E-state index contributed by atoms with van der Waals surface area (Å²) < 4.78 is 2.38. The van der Waals surface area contributed by atoms with Crippen LogP contribution in [-0.2, 0) is 0 Å². The van der Waals surface area contributed by atoms with E-state index in [0.29, 0.717) is 11.5 Å². The third kappa shape index (κ3) is 2.14. The van der Waals surface area contributed by atoms with Gasteiger partial charge >= 0.3 is 5.97 Å². The van der Waals surface area contributed by atoms with Gasteiger partial charge in [-0.05, 0) is 40.2 Å². The molecule has 2 N–H and O–H groups in total.